The van der Waals surface area contributed by atoms with E-state index in [9.17, 15) is 14.4 Å². The highest BCUT2D eigenvalue weighted by atomic mass is 16.5. The molecule has 2 amide bonds. The Labute approximate surface area is 302 Å². The van der Waals surface area contributed by atoms with E-state index >= 15 is 0 Å². The van der Waals surface area contributed by atoms with Crippen molar-refractivity contribution in [1.82, 2.24) is 15.3 Å². The molecule has 0 saturated heterocycles. The number of nitrogens with two attached hydrogens (primary N) is 2. The van der Waals surface area contributed by atoms with Crippen LogP contribution in [0.15, 0.2) is 85.2 Å². The summed E-state index contributed by atoms with van der Waals surface area (Å²) in [7, 11) is 0. The van der Waals surface area contributed by atoms with E-state index in [0.29, 0.717) is 24.4 Å². The minimum Gasteiger partial charge on any atom is -0.494 e. The first-order valence-electron chi connectivity index (χ1n) is 17.7. The van der Waals surface area contributed by atoms with Crippen molar-refractivity contribution in [2.45, 2.75) is 90.5 Å². The smallest absolute Gasteiger partial charge is 0.303 e. The number of carboxylic acid groups (broad SMARTS) is 1. The van der Waals surface area contributed by atoms with Crippen LogP contribution in [0.5, 0.6) is 5.75 Å². The van der Waals surface area contributed by atoms with Crippen molar-refractivity contribution in [2.75, 3.05) is 13.2 Å². The fraction of sp³-hybridized carbons (Fsp3) is 0.390. The summed E-state index contributed by atoms with van der Waals surface area (Å²) in [5, 5.41) is 10.8. The molecule has 0 aliphatic rings. The normalized spacial score (nSPS) is 11.5. The van der Waals surface area contributed by atoms with Gasteiger partial charge >= 0.3 is 5.97 Å². The SMILES string of the molecule is CCCCCCCOc1ccc(-c2cnc(-c3ccc(CC(NC(=O)c4ccc(C(C)(C)C)cc4)C(N)=O)cc3)nc2)cc1.NCCCC(=O)O. The van der Waals surface area contributed by atoms with Crippen molar-refractivity contribution >= 4 is 17.8 Å². The number of rotatable bonds is 17. The van der Waals surface area contributed by atoms with Crippen LogP contribution in [0.1, 0.15) is 94.1 Å². The van der Waals surface area contributed by atoms with Crippen molar-refractivity contribution in [2.24, 2.45) is 11.5 Å². The van der Waals surface area contributed by atoms with Gasteiger partial charge in [0.2, 0.25) is 5.91 Å². The number of nitrogens with zero attached hydrogens (tertiary/aromatic N) is 2. The third kappa shape index (κ3) is 14.0. The molecular weight excluding hydrogens is 642 g/mol. The molecule has 4 aromatic rings. The number of carboxylic acids is 1. The maximum Gasteiger partial charge on any atom is 0.303 e. The second-order valence-electron chi connectivity index (χ2n) is 13.5. The number of ether oxygens (including phenoxy) is 1. The van der Waals surface area contributed by atoms with Gasteiger partial charge in [0.15, 0.2) is 5.82 Å². The van der Waals surface area contributed by atoms with Gasteiger partial charge in [0.25, 0.3) is 5.91 Å². The molecule has 0 bridgehead atoms. The van der Waals surface area contributed by atoms with Gasteiger partial charge in [-0.3, -0.25) is 14.4 Å². The molecule has 10 heteroatoms. The van der Waals surface area contributed by atoms with Crippen LogP contribution in [0.3, 0.4) is 0 Å². The zero-order chi connectivity index (χ0) is 37.2. The summed E-state index contributed by atoms with van der Waals surface area (Å²) in [6.45, 7) is 9.77. The number of aromatic nitrogens is 2. The lowest BCUT2D eigenvalue weighted by molar-refractivity contribution is -0.137. The molecule has 272 valence electrons. The first-order chi connectivity index (χ1) is 24.4. The van der Waals surface area contributed by atoms with Crippen molar-refractivity contribution in [3.8, 4) is 28.3 Å². The quantitative estimate of drug-likeness (QED) is 0.0848. The Kier molecular flexibility index (Phi) is 16.3. The Morgan fingerprint density at radius 2 is 1.41 bits per heavy atom. The molecule has 51 heavy (non-hydrogen) atoms. The fourth-order valence-electron chi connectivity index (χ4n) is 5.13. The molecule has 4 rings (SSSR count). The number of benzene rings is 3. The average molecular weight is 696 g/mol. The zero-order valence-corrected chi connectivity index (χ0v) is 30.4. The van der Waals surface area contributed by atoms with E-state index in [1.165, 1.54) is 25.7 Å². The van der Waals surface area contributed by atoms with Crippen LogP contribution in [-0.2, 0) is 21.4 Å². The van der Waals surface area contributed by atoms with E-state index in [-0.39, 0.29) is 24.2 Å². The number of hydrogen-bond acceptors (Lipinski definition) is 7. The van der Waals surface area contributed by atoms with E-state index in [1.807, 2.05) is 73.1 Å². The minimum absolute atomic E-state index is 0.0152. The Balaban J connectivity index is 0.000000908. The van der Waals surface area contributed by atoms with E-state index in [0.717, 1.165) is 46.6 Å². The van der Waals surface area contributed by atoms with Crippen molar-refractivity contribution < 1.29 is 24.2 Å². The second-order valence-corrected chi connectivity index (χ2v) is 13.5. The molecule has 0 saturated carbocycles. The van der Waals surface area contributed by atoms with Gasteiger partial charge in [-0.25, -0.2) is 9.97 Å². The highest BCUT2D eigenvalue weighted by molar-refractivity contribution is 5.97. The standard InChI is InChI=1S/C37H44N4O3.C4H9NO2/c1-5-6-7-8-9-22-44-32-20-16-27(17-21-32)30-24-39-35(40-25-30)28-12-10-26(11-13-28)23-33(34(38)42)41-36(43)29-14-18-31(19-15-29)37(2,3)4;5-3-1-2-4(6)7/h10-21,24-25,33H,5-9,22-23H2,1-4H3,(H2,38,42)(H,41,43);1-3,5H2,(H,6,7). The number of primary amides is 1. The third-order valence-electron chi connectivity index (χ3n) is 8.26. The van der Waals surface area contributed by atoms with Crippen LogP contribution in [0.2, 0.25) is 0 Å². The topological polar surface area (TPSA) is 171 Å². The largest absolute Gasteiger partial charge is 0.494 e. The molecule has 10 nitrogen and oxygen atoms in total. The maximum absolute atomic E-state index is 12.8. The van der Waals surface area contributed by atoms with E-state index in [1.54, 1.807) is 12.1 Å². The van der Waals surface area contributed by atoms with E-state index < -0.39 is 17.9 Å². The van der Waals surface area contributed by atoms with Crippen LogP contribution in [0.4, 0.5) is 0 Å². The number of hydrogen-bond donors (Lipinski definition) is 4. The lowest BCUT2D eigenvalue weighted by Gasteiger charge is -2.19. The summed E-state index contributed by atoms with van der Waals surface area (Å²) in [5.74, 6) is -0.226. The predicted octanol–water partition coefficient (Wildman–Crippen LogP) is 7.09. The molecule has 1 unspecified atom stereocenters. The summed E-state index contributed by atoms with van der Waals surface area (Å²) in [6, 6.07) is 22.2. The number of aliphatic carboxylic acids is 1. The Hall–Kier alpha value is -5.09. The zero-order valence-electron chi connectivity index (χ0n) is 30.4. The van der Waals surface area contributed by atoms with Crippen LogP contribution in [0.25, 0.3) is 22.5 Å². The van der Waals surface area contributed by atoms with Gasteiger partial charge in [-0.05, 0) is 65.8 Å². The molecule has 0 spiro atoms. The molecule has 6 N–H and O–H groups in total. The average Bonchev–Trinajstić information content (AvgIpc) is 3.12. The molecule has 0 aliphatic carbocycles. The first-order valence-corrected chi connectivity index (χ1v) is 17.7. The lowest BCUT2D eigenvalue weighted by atomic mass is 9.86. The summed E-state index contributed by atoms with van der Waals surface area (Å²) in [4.78, 5) is 43.9. The molecule has 0 radical (unpaired) electrons. The van der Waals surface area contributed by atoms with Gasteiger partial charge in [-0.15, -0.1) is 0 Å². The van der Waals surface area contributed by atoms with Crippen LogP contribution >= 0.6 is 0 Å². The minimum atomic E-state index is -0.839. The van der Waals surface area contributed by atoms with Gasteiger partial charge < -0.3 is 26.6 Å². The number of nitrogens with one attached hydrogen (secondary N) is 1. The van der Waals surface area contributed by atoms with Gasteiger partial charge in [0.1, 0.15) is 11.8 Å². The molecular formula is C41H53N5O5. The van der Waals surface area contributed by atoms with Crippen LogP contribution in [-0.4, -0.2) is 52.1 Å². The first kappa shape index (κ1) is 40.3. The highest BCUT2D eigenvalue weighted by Gasteiger charge is 2.21. The van der Waals surface area contributed by atoms with Crippen LogP contribution in [0, 0.1) is 0 Å². The number of carbonyl (C=O) groups is 3. The van der Waals surface area contributed by atoms with Crippen molar-refractivity contribution in [3.05, 3.63) is 102 Å². The molecule has 3 aromatic carbocycles. The Bertz CT molecular complexity index is 1650. The maximum atomic E-state index is 12.8. The van der Waals surface area contributed by atoms with Gasteiger partial charge in [0.05, 0.1) is 6.61 Å². The van der Waals surface area contributed by atoms with Crippen molar-refractivity contribution in [1.29, 1.82) is 0 Å². The Morgan fingerprint density at radius 1 is 0.804 bits per heavy atom. The monoisotopic (exact) mass is 695 g/mol. The molecule has 1 heterocycles. The predicted molar refractivity (Wildman–Crippen MR) is 202 cm³/mol. The van der Waals surface area contributed by atoms with E-state index in [2.05, 4.69) is 43.0 Å². The Morgan fingerprint density at radius 3 is 1.94 bits per heavy atom. The number of amides is 2. The molecule has 1 aromatic heterocycles. The molecule has 0 aliphatic heterocycles. The van der Waals surface area contributed by atoms with Crippen molar-refractivity contribution in [3.63, 3.8) is 0 Å². The fourth-order valence-corrected chi connectivity index (χ4v) is 5.13. The lowest BCUT2D eigenvalue weighted by Crippen LogP contribution is -2.45. The summed E-state index contributed by atoms with van der Waals surface area (Å²) in [6.07, 6.45) is 10.8. The summed E-state index contributed by atoms with van der Waals surface area (Å²) < 4.78 is 5.88. The van der Waals surface area contributed by atoms with Gasteiger partial charge in [-0.2, -0.15) is 0 Å². The highest BCUT2D eigenvalue weighted by Crippen LogP contribution is 2.24. The van der Waals surface area contributed by atoms with Crippen LogP contribution < -0.4 is 21.5 Å². The van der Waals surface area contributed by atoms with E-state index in [4.69, 9.17) is 21.3 Å². The van der Waals surface area contributed by atoms with Gasteiger partial charge in [0, 0.05) is 41.9 Å². The number of unbranched alkanes of at least 4 members (excludes halogenated alkanes) is 4. The summed E-state index contributed by atoms with van der Waals surface area (Å²) >= 11 is 0. The molecule has 1 atom stereocenters. The summed E-state index contributed by atoms with van der Waals surface area (Å²) in [5.41, 5.74) is 15.9. The van der Waals surface area contributed by atoms with Gasteiger partial charge in [-0.1, -0.05) is 102 Å². The third-order valence-corrected chi connectivity index (χ3v) is 8.26. The second kappa shape index (κ2) is 20.6. The number of carbonyl (C=O) groups excluding carboxylic acids is 2. The molecule has 0 fully saturated rings.